The fourth-order valence-electron chi connectivity index (χ4n) is 1.72. The Bertz CT molecular complexity index is 276. The molecule has 13 heavy (non-hydrogen) atoms. The summed E-state index contributed by atoms with van der Waals surface area (Å²) >= 11 is 6.33. The van der Waals surface area contributed by atoms with Gasteiger partial charge in [0.2, 0.25) is 0 Å². The Morgan fingerprint density at radius 1 is 0.923 bits per heavy atom. The average Bonchev–Trinajstić information content (AvgIpc) is 2.22. The molecule has 78 valence electrons. The van der Waals surface area contributed by atoms with E-state index >= 15 is 0 Å². The van der Waals surface area contributed by atoms with E-state index in [1.807, 2.05) is 0 Å². The van der Waals surface area contributed by atoms with Crippen LogP contribution in [0.25, 0.3) is 0 Å². The van der Waals surface area contributed by atoms with Gasteiger partial charge >= 0.3 is 100 Å². The molecular weight excluding hydrogens is 472 g/mol. The van der Waals surface area contributed by atoms with E-state index in [1.165, 1.54) is 11.1 Å². The van der Waals surface area contributed by atoms with Crippen LogP contribution < -0.4 is 0 Å². The molecule has 0 aromatic carbocycles. The van der Waals surface area contributed by atoms with Gasteiger partial charge in [-0.2, -0.15) is 0 Å². The Morgan fingerprint density at radius 2 is 1.23 bits per heavy atom. The maximum atomic E-state index is 3.81. The summed E-state index contributed by atoms with van der Waals surface area (Å²) < 4.78 is 0.314. The van der Waals surface area contributed by atoms with E-state index in [0.29, 0.717) is 3.93 Å². The van der Waals surface area contributed by atoms with Crippen LogP contribution in [0.4, 0.5) is 0 Å². The van der Waals surface area contributed by atoms with Gasteiger partial charge in [-0.05, 0) is 0 Å². The molecule has 0 radical (unpaired) electrons. The minimum atomic E-state index is -1.29. The van der Waals surface area contributed by atoms with E-state index in [1.54, 1.807) is 11.1 Å². The Labute approximate surface area is 99.6 Å². The summed E-state index contributed by atoms with van der Waals surface area (Å²) in [6.45, 7) is 11.4. The minimum absolute atomic E-state index is 0.314. The molecule has 0 nitrogen and oxygen atoms in total. The van der Waals surface area contributed by atoms with E-state index in [0.717, 1.165) is 0 Å². The van der Waals surface area contributed by atoms with Gasteiger partial charge in [0.1, 0.15) is 0 Å². The third-order valence-corrected chi connectivity index (χ3v) is 15.6. The summed E-state index contributed by atoms with van der Waals surface area (Å²) in [5.74, 6) is 0. The monoisotopic (exact) mass is 486 g/mol. The van der Waals surface area contributed by atoms with Gasteiger partial charge in [-0.3, -0.25) is 0 Å². The molecule has 0 aromatic heterocycles. The molecule has 0 atom stereocenters. The molecule has 0 aliphatic heterocycles. The third-order valence-electron chi connectivity index (χ3n) is 3.31. The van der Waals surface area contributed by atoms with E-state index in [9.17, 15) is 0 Å². The van der Waals surface area contributed by atoms with E-state index < -0.39 is 12.5 Å². The first-order chi connectivity index (χ1) is 5.83. The Morgan fingerprint density at radius 3 is 1.38 bits per heavy atom. The number of hydrogen-bond donors (Lipinski definition) is 0. The zero-order valence-corrected chi connectivity index (χ0v) is 14.2. The van der Waals surface area contributed by atoms with Crippen molar-refractivity contribution in [3.05, 3.63) is 22.3 Å². The molecule has 1 aliphatic rings. The predicted octanol–water partition coefficient (Wildman–Crippen LogP) is 5.09. The Kier molecular flexibility index (Phi) is 3.67. The zero-order chi connectivity index (χ0) is 10.4. The third kappa shape index (κ3) is 1.67. The molecule has 0 unspecified atom stereocenters. The van der Waals surface area contributed by atoms with Gasteiger partial charge in [-0.1, -0.05) is 0 Å². The average molecular weight is 487 g/mol. The molecular formula is C10H15Br2Ir. The van der Waals surface area contributed by atoms with Crippen LogP contribution in [-0.4, -0.2) is 0 Å². The Balaban J connectivity index is 3.31. The van der Waals surface area contributed by atoms with Crippen molar-refractivity contribution in [1.82, 2.24) is 0 Å². The van der Waals surface area contributed by atoms with Crippen molar-refractivity contribution in [2.75, 3.05) is 0 Å². The van der Waals surface area contributed by atoms with Gasteiger partial charge in [0.15, 0.2) is 0 Å². The second-order valence-corrected chi connectivity index (χ2v) is 21.7. The Hall–Kier alpha value is 1.09. The van der Waals surface area contributed by atoms with Crippen LogP contribution in [0, 0.1) is 0 Å². The molecule has 0 heterocycles. The number of rotatable bonds is 1. The summed E-state index contributed by atoms with van der Waals surface area (Å²) in [7, 11) is 0. The van der Waals surface area contributed by atoms with Crippen LogP contribution in [0.2, 0.25) is 3.93 Å². The van der Waals surface area contributed by atoms with Crippen LogP contribution >= 0.6 is 27.0 Å². The maximum absolute atomic E-state index is 3.81. The van der Waals surface area contributed by atoms with Crippen molar-refractivity contribution in [2.45, 2.75) is 38.5 Å². The quantitative estimate of drug-likeness (QED) is 0.484. The van der Waals surface area contributed by atoms with E-state index in [-0.39, 0.29) is 0 Å². The van der Waals surface area contributed by atoms with Crippen molar-refractivity contribution < 1.29 is 12.5 Å². The fourth-order valence-corrected chi connectivity index (χ4v) is 10.5. The molecule has 0 N–H and O–H groups in total. The van der Waals surface area contributed by atoms with Crippen LogP contribution in [0.15, 0.2) is 22.3 Å². The normalized spacial score (nSPS) is 22.8. The zero-order valence-electron chi connectivity index (χ0n) is 8.59. The first kappa shape index (κ1) is 12.2. The molecule has 1 aliphatic carbocycles. The van der Waals surface area contributed by atoms with Gasteiger partial charge in [-0.15, -0.1) is 0 Å². The second-order valence-electron chi connectivity index (χ2n) is 3.63. The topological polar surface area (TPSA) is 0 Å². The molecule has 0 bridgehead atoms. The van der Waals surface area contributed by atoms with Gasteiger partial charge in [0, 0.05) is 0 Å². The van der Waals surface area contributed by atoms with Crippen molar-refractivity contribution >= 4 is 27.0 Å². The molecule has 0 spiro atoms. The van der Waals surface area contributed by atoms with Crippen molar-refractivity contribution in [1.29, 1.82) is 0 Å². The first-order valence-electron chi connectivity index (χ1n) is 4.17. The van der Waals surface area contributed by atoms with Gasteiger partial charge < -0.3 is 0 Å². The predicted molar refractivity (Wildman–Crippen MR) is 63.0 cm³/mol. The van der Waals surface area contributed by atoms with E-state index in [2.05, 4.69) is 61.6 Å². The van der Waals surface area contributed by atoms with E-state index in [4.69, 9.17) is 0 Å². The molecule has 0 fully saturated rings. The summed E-state index contributed by atoms with van der Waals surface area (Å²) in [5.41, 5.74) is 6.07. The summed E-state index contributed by atoms with van der Waals surface area (Å²) in [6, 6.07) is 0. The molecule has 3 heteroatoms. The van der Waals surface area contributed by atoms with Crippen molar-refractivity contribution in [2.24, 2.45) is 0 Å². The summed E-state index contributed by atoms with van der Waals surface area (Å²) in [4.78, 5) is 0. The van der Waals surface area contributed by atoms with Gasteiger partial charge in [-0.25, -0.2) is 0 Å². The number of halogens is 2. The van der Waals surface area contributed by atoms with Crippen LogP contribution in [-0.2, 0) is 12.5 Å². The van der Waals surface area contributed by atoms with Crippen molar-refractivity contribution in [3.8, 4) is 0 Å². The number of allylic oxidation sites excluding steroid dienone is 4. The van der Waals surface area contributed by atoms with Crippen LogP contribution in [0.5, 0.6) is 0 Å². The first-order valence-corrected chi connectivity index (χ1v) is 15.8. The van der Waals surface area contributed by atoms with Crippen LogP contribution in [0.1, 0.15) is 34.6 Å². The summed E-state index contributed by atoms with van der Waals surface area (Å²) in [6.07, 6.45) is 0. The SMILES string of the molecule is CC1=C(C)[C](C)([Ir]([Br])[Br])C(C)=C1C. The molecule has 0 amide bonds. The van der Waals surface area contributed by atoms with Gasteiger partial charge in [0.25, 0.3) is 0 Å². The van der Waals surface area contributed by atoms with Crippen LogP contribution in [0.3, 0.4) is 0 Å². The molecule has 0 saturated heterocycles. The second kappa shape index (κ2) is 3.92. The fraction of sp³-hybridized carbons (Fsp3) is 0.600. The van der Waals surface area contributed by atoms with Gasteiger partial charge in [0.05, 0.1) is 0 Å². The molecule has 0 aromatic rings. The summed E-state index contributed by atoms with van der Waals surface area (Å²) in [5, 5.41) is 0. The standard InChI is InChI=1S/C10H15.2BrH.Ir/c1-6-7(2)9(4)10(5)8(6)3;;;/h1-5H3;2*1H;/q;;;+2/p-2. The molecule has 1 rings (SSSR count). The van der Waals surface area contributed by atoms with Crippen molar-refractivity contribution in [3.63, 3.8) is 0 Å². The number of hydrogen-bond acceptors (Lipinski definition) is 0. The molecule has 0 saturated carbocycles.